The minimum Gasteiger partial charge on any atom is -0.302 e. The standard InChI is InChI=1S/C4H9ClN2/c1-4(5)6-7(2)3/h1-3H3/b6-4-. The van der Waals surface area contributed by atoms with Crippen molar-refractivity contribution in [3.8, 4) is 0 Å². The lowest BCUT2D eigenvalue weighted by atomic mass is 10.9. The fourth-order valence-corrected chi connectivity index (χ4v) is 0.427. The molecule has 0 aliphatic heterocycles. The highest BCUT2D eigenvalue weighted by molar-refractivity contribution is 6.64. The lowest BCUT2D eigenvalue weighted by Crippen LogP contribution is -2.02. The molecule has 0 amide bonds. The average Bonchev–Trinajstić information content (AvgIpc) is 1.27. The van der Waals surface area contributed by atoms with Gasteiger partial charge in [0, 0.05) is 14.1 Å². The van der Waals surface area contributed by atoms with Gasteiger partial charge in [-0.2, -0.15) is 5.10 Å². The van der Waals surface area contributed by atoms with Crippen LogP contribution in [0.2, 0.25) is 0 Å². The third-order valence-corrected chi connectivity index (χ3v) is 0.413. The Morgan fingerprint density at radius 3 is 2.00 bits per heavy atom. The zero-order valence-corrected chi connectivity index (χ0v) is 5.53. The molecule has 0 rings (SSSR count). The van der Waals surface area contributed by atoms with Crippen LogP contribution in [0.1, 0.15) is 6.92 Å². The molecule has 0 aliphatic carbocycles. The molecule has 0 atom stereocenters. The van der Waals surface area contributed by atoms with Crippen molar-refractivity contribution in [1.82, 2.24) is 5.01 Å². The third kappa shape index (κ3) is 5.76. The van der Waals surface area contributed by atoms with Crippen LogP contribution in [0.3, 0.4) is 0 Å². The molecule has 0 bridgehead atoms. The molecule has 2 nitrogen and oxygen atoms in total. The van der Waals surface area contributed by atoms with Crippen LogP contribution < -0.4 is 0 Å². The third-order valence-electron chi connectivity index (χ3n) is 0.338. The summed E-state index contributed by atoms with van der Waals surface area (Å²) in [7, 11) is 3.65. The van der Waals surface area contributed by atoms with Crippen LogP contribution in [0, 0.1) is 0 Å². The van der Waals surface area contributed by atoms with Gasteiger partial charge in [0.15, 0.2) is 0 Å². The molecule has 7 heavy (non-hydrogen) atoms. The molecule has 0 heterocycles. The first-order valence-corrected chi connectivity index (χ1v) is 2.38. The predicted molar refractivity (Wildman–Crippen MR) is 32.6 cm³/mol. The molecular formula is C4H9ClN2. The van der Waals surface area contributed by atoms with Gasteiger partial charge in [-0.1, -0.05) is 11.6 Å². The van der Waals surface area contributed by atoms with E-state index < -0.39 is 0 Å². The van der Waals surface area contributed by atoms with Crippen LogP contribution in [0.15, 0.2) is 5.10 Å². The van der Waals surface area contributed by atoms with Crippen molar-refractivity contribution in [3.63, 3.8) is 0 Å². The van der Waals surface area contributed by atoms with Gasteiger partial charge in [-0.05, 0) is 6.92 Å². The Morgan fingerprint density at radius 1 is 1.57 bits per heavy atom. The van der Waals surface area contributed by atoms with Crippen LogP contribution in [0.5, 0.6) is 0 Å². The van der Waals surface area contributed by atoms with Crippen LogP contribution >= 0.6 is 11.6 Å². The van der Waals surface area contributed by atoms with Crippen molar-refractivity contribution >= 4 is 16.8 Å². The number of nitrogens with zero attached hydrogens (tertiary/aromatic N) is 2. The van der Waals surface area contributed by atoms with Gasteiger partial charge in [0.2, 0.25) is 0 Å². The van der Waals surface area contributed by atoms with E-state index in [2.05, 4.69) is 5.10 Å². The molecule has 0 fully saturated rings. The van der Waals surface area contributed by atoms with Crippen molar-refractivity contribution in [2.45, 2.75) is 6.92 Å². The second-order valence-corrected chi connectivity index (χ2v) is 1.99. The van der Waals surface area contributed by atoms with E-state index in [-0.39, 0.29) is 0 Å². The lowest BCUT2D eigenvalue weighted by molar-refractivity contribution is 0.439. The maximum absolute atomic E-state index is 5.38. The molecule has 0 aromatic heterocycles. The minimum absolute atomic E-state index is 0.560. The molecular weight excluding hydrogens is 112 g/mol. The molecule has 0 radical (unpaired) electrons. The monoisotopic (exact) mass is 120 g/mol. The van der Waals surface area contributed by atoms with E-state index in [1.165, 1.54) is 0 Å². The maximum atomic E-state index is 5.38. The smallest absolute Gasteiger partial charge is 0.123 e. The Hall–Kier alpha value is -0.240. The Bertz CT molecular complexity index is 73.8. The van der Waals surface area contributed by atoms with Gasteiger partial charge in [-0.15, -0.1) is 0 Å². The van der Waals surface area contributed by atoms with Gasteiger partial charge in [-0.25, -0.2) is 0 Å². The second-order valence-electron chi connectivity index (χ2n) is 1.44. The van der Waals surface area contributed by atoms with E-state index in [9.17, 15) is 0 Å². The van der Waals surface area contributed by atoms with Gasteiger partial charge in [0.05, 0.1) is 0 Å². The quantitative estimate of drug-likeness (QED) is 0.374. The second kappa shape index (κ2) is 2.86. The van der Waals surface area contributed by atoms with Crippen molar-refractivity contribution < 1.29 is 0 Å². The van der Waals surface area contributed by atoms with E-state index in [4.69, 9.17) is 11.6 Å². The van der Waals surface area contributed by atoms with Gasteiger partial charge in [-0.3, -0.25) is 0 Å². The average molecular weight is 121 g/mol. The lowest BCUT2D eigenvalue weighted by Gasteiger charge is -2.01. The molecule has 0 saturated carbocycles. The summed E-state index contributed by atoms with van der Waals surface area (Å²) < 4.78 is 0. The van der Waals surface area contributed by atoms with Crippen molar-refractivity contribution in [2.75, 3.05) is 14.1 Å². The van der Waals surface area contributed by atoms with Crippen molar-refractivity contribution in [3.05, 3.63) is 0 Å². The van der Waals surface area contributed by atoms with Gasteiger partial charge < -0.3 is 5.01 Å². The summed E-state index contributed by atoms with van der Waals surface area (Å²) in [5.41, 5.74) is 0. The summed E-state index contributed by atoms with van der Waals surface area (Å²) in [6, 6.07) is 0. The normalized spacial score (nSPS) is 11.7. The van der Waals surface area contributed by atoms with E-state index in [1.54, 1.807) is 11.9 Å². The number of rotatable bonds is 1. The van der Waals surface area contributed by atoms with Crippen molar-refractivity contribution in [2.24, 2.45) is 5.10 Å². The van der Waals surface area contributed by atoms with E-state index >= 15 is 0 Å². The summed E-state index contributed by atoms with van der Waals surface area (Å²) in [5, 5.41) is 6.01. The highest BCUT2D eigenvalue weighted by Gasteiger charge is 1.79. The Morgan fingerprint density at radius 2 is 2.00 bits per heavy atom. The minimum atomic E-state index is 0.560. The first kappa shape index (κ1) is 6.76. The van der Waals surface area contributed by atoms with Gasteiger partial charge in [0.25, 0.3) is 0 Å². The number of hydrogen-bond acceptors (Lipinski definition) is 2. The largest absolute Gasteiger partial charge is 0.302 e. The molecule has 0 aromatic carbocycles. The molecule has 3 heteroatoms. The topological polar surface area (TPSA) is 15.6 Å². The molecule has 0 aliphatic rings. The van der Waals surface area contributed by atoms with E-state index in [1.807, 2.05) is 14.1 Å². The number of hydrazone groups is 1. The summed E-state index contributed by atoms with van der Waals surface area (Å²) in [5.74, 6) is 0. The fraction of sp³-hybridized carbons (Fsp3) is 0.750. The summed E-state index contributed by atoms with van der Waals surface area (Å²) in [6.45, 7) is 1.74. The highest BCUT2D eigenvalue weighted by atomic mass is 35.5. The van der Waals surface area contributed by atoms with E-state index in [0.717, 1.165) is 0 Å². The Kier molecular flexibility index (Phi) is 2.76. The van der Waals surface area contributed by atoms with Crippen molar-refractivity contribution in [1.29, 1.82) is 0 Å². The highest BCUT2D eigenvalue weighted by Crippen LogP contribution is 1.83. The number of halogens is 1. The maximum Gasteiger partial charge on any atom is 0.123 e. The SMILES string of the molecule is C/C(Cl)=N/N(C)C. The first-order valence-electron chi connectivity index (χ1n) is 2.01. The van der Waals surface area contributed by atoms with E-state index in [0.29, 0.717) is 5.17 Å². The molecule has 0 N–H and O–H groups in total. The first-order chi connectivity index (χ1) is 3.13. The van der Waals surface area contributed by atoms with Gasteiger partial charge >= 0.3 is 0 Å². The number of hydrogen-bond donors (Lipinski definition) is 0. The zero-order valence-electron chi connectivity index (χ0n) is 4.77. The summed E-state index contributed by atoms with van der Waals surface area (Å²) >= 11 is 5.38. The van der Waals surface area contributed by atoms with Crippen LogP contribution in [-0.4, -0.2) is 24.3 Å². The summed E-state index contributed by atoms with van der Waals surface area (Å²) in [6.07, 6.45) is 0. The molecule has 0 aromatic rings. The zero-order chi connectivity index (χ0) is 5.86. The molecule has 0 spiro atoms. The molecule has 0 unspecified atom stereocenters. The van der Waals surface area contributed by atoms with Crippen LogP contribution in [0.25, 0.3) is 0 Å². The van der Waals surface area contributed by atoms with Gasteiger partial charge in [0.1, 0.15) is 5.17 Å². The Labute approximate surface area is 48.8 Å². The molecule has 42 valence electrons. The Balaban J connectivity index is 3.45. The predicted octanol–water partition coefficient (Wildman–Crippen LogP) is 1.12. The van der Waals surface area contributed by atoms with Crippen LogP contribution in [0.4, 0.5) is 0 Å². The summed E-state index contributed by atoms with van der Waals surface area (Å²) in [4.78, 5) is 0. The fourth-order valence-electron chi connectivity index (χ4n) is 0.276. The van der Waals surface area contributed by atoms with Crippen LogP contribution in [-0.2, 0) is 0 Å². The molecule has 0 saturated heterocycles.